The summed E-state index contributed by atoms with van der Waals surface area (Å²) >= 11 is 5.93. The minimum Gasteiger partial charge on any atom is -0.166 e. The van der Waals surface area contributed by atoms with Gasteiger partial charge in [0, 0.05) is 5.88 Å². The number of hydrogen-bond acceptors (Lipinski definition) is 0. The maximum atomic E-state index is 12.4. The van der Waals surface area contributed by atoms with Crippen molar-refractivity contribution in [3.05, 3.63) is 35.4 Å². The van der Waals surface area contributed by atoms with Crippen molar-refractivity contribution >= 4 is 11.6 Å². The van der Waals surface area contributed by atoms with Gasteiger partial charge < -0.3 is 0 Å². The molecular weight excluding hydrogens is 249 g/mol. The molecule has 1 aromatic carbocycles. The first-order valence-electron chi connectivity index (χ1n) is 5.67. The van der Waals surface area contributed by atoms with E-state index in [-0.39, 0.29) is 5.41 Å². The first-order chi connectivity index (χ1) is 7.95. The lowest BCUT2D eigenvalue weighted by Crippen LogP contribution is -2.33. The van der Waals surface area contributed by atoms with Crippen LogP contribution in [0.2, 0.25) is 0 Å². The van der Waals surface area contributed by atoms with Crippen molar-refractivity contribution in [3.8, 4) is 0 Å². The van der Waals surface area contributed by atoms with E-state index in [1.54, 1.807) is 12.1 Å². The Morgan fingerprint density at radius 3 is 2.06 bits per heavy atom. The molecule has 0 spiro atoms. The first-order valence-corrected chi connectivity index (χ1v) is 6.21. The maximum absolute atomic E-state index is 12.4. The summed E-state index contributed by atoms with van der Waals surface area (Å²) in [6.45, 7) is 0. The molecule has 1 aliphatic carbocycles. The molecule has 0 heterocycles. The molecule has 17 heavy (non-hydrogen) atoms. The molecule has 94 valence electrons. The Balaban J connectivity index is 2.08. The summed E-state index contributed by atoms with van der Waals surface area (Å²) in [6.07, 6.45) is -0.129. The Kier molecular flexibility index (Phi) is 3.39. The van der Waals surface area contributed by atoms with Gasteiger partial charge in [0.15, 0.2) is 0 Å². The fourth-order valence-electron chi connectivity index (χ4n) is 2.28. The van der Waals surface area contributed by atoms with Gasteiger partial charge in [0.2, 0.25) is 0 Å². The van der Waals surface area contributed by atoms with Gasteiger partial charge in [-0.3, -0.25) is 0 Å². The van der Waals surface area contributed by atoms with Crippen molar-refractivity contribution in [2.24, 2.45) is 5.41 Å². The molecule has 0 N–H and O–H groups in total. The van der Waals surface area contributed by atoms with E-state index in [9.17, 15) is 13.2 Å². The standard InChI is InChI=1S/C13H14ClF3/c14-9-12(6-1-7-12)8-10-2-4-11(5-3-10)13(15,16)17/h2-5H,1,6-9H2. The van der Waals surface area contributed by atoms with Gasteiger partial charge in [-0.2, -0.15) is 13.2 Å². The zero-order valence-corrected chi connectivity index (χ0v) is 10.1. The van der Waals surface area contributed by atoms with Crippen LogP contribution in [0.4, 0.5) is 13.2 Å². The van der Waals surface area contributed by atoms with Gasteiger partial charge in [-0.05, 0) is 42.4 Å². The summed E-state index contributed by atoms with van der Waals surface area (Å²) in [5, 5.41) is 0. The second-order valence-corrected chi connectivity index (χ2v) is 5.13. The van der Waals surface area contributed by atoms with E-state index >= 15 is 0 Å². The Bertz CT molecular complexity index is 371. The highest BCUT2D eigenvalue weighted by Gasteiger charge is 2.36. The monoisotopic (exact) mass is 262 g/mol. The lowest BCUT2D eigenvalue weighted by molar-refractivity contribution is -0.137. The van der Waals surface area contributed by atoms with E-state index in [0.717, 1.165) is 37.0 Å². The van der Waals surface area contributed by atoms with Crippen molar-refractivity contribution in [1.82, 2.24) is 0 Å². The fourth-order valence-corrected chi connectivity index (χ4v) is 2.64. The summed E-state index contributed by atoms with van der Waals surface area (Å²) in [6, 6.07) is 5.43. The van der Waals surface area contributed by atoms with Crippen molar-refractivity contribution in [1.29, 1.82) is 0 Å². The van der Waals surface area contributed by atoms with Crippen LogP contribution >= 0.6 is 11.6 Å². The van der Waals surface area contributed by atoms with Crippen LogP contribution in [0.5, 0.6) is 0 Å². The van der Waals surface area contributed by atoms with E-state index < -0.39 is 11.7 Å². The smallest absolute Gasteiger partial charge is 0.166 e. The van der Waals surface area contributed by atoms with Crippen LogP contribution in [0.1, 0.15) is 30.4 Å². The minimum absolute atomic E-state index is 0.126. The van der Waals surface area contributed by atoms with Gasteiger partial charge in [-0.1, -0.05) is 18.6 Å². The van der Waals surface area contributed by atoms with Crippen LogP contribution in [0.25, 0.3) is 0 Å². The maximum Gasteiger partial charge on any atom is 0.416 e. The zero-order chi connectivity index (χ0) is 12.5. The van der Waals surface area contributed by atoms with Crippen LogP contribution in [-0.2, 0) is 12.6 Å². The van der Waals surface area contributed by atoms with Gasteiger partial charge in [0.1, 0.15) is 0 Å². The Morgan fingerprint density at radius 1 is 1.12 bits per heavy atom. The molecule has 0 amide bonds. The SMILES string of the molecule is FC(F)(F)c1ccc(CC2(CCl)CCC2)cc1. The second-order valence-electron chi connectivity index (χ2n) is 4.86. The highest BCUT2D eigenvalue weighted by atomic mass is 35.5. The Labute approximate surface area is 104 Å². The minimum atomic E-state index is -4.25. The summed E-state index contributed by atoms with van der Waals surface area (Å²) in [7, 11) is 0. The van der Waals surface area contributed by atoms with E-state index in [1.165, 1.54) is 6.42 Å². The summed E-state index contributed by atoms with van der Waals surface area (Å²) in [5.74, 6) is 0.591. The van der Waals surface area contributed by atoms with Gasteiger partial charge in [0.25, 0.3) is 0 Å². The Morgan fingerprint density at radius 2 is 1.71 bits per heavy atom. The molecule has 0 unspecified atom stereocenters. The van der Waals surface area contributed by atoms with E-state index in [4.69, 9.17) is 11.6 Å². The topological polar surface area (TPSA) is 0 Å². The third kappa shape index (κ3) is 2.76. The molecule has 0 nitrogen and oxygen atoms in total. The molecule has 0 aromatic heterocycles. The number of hydrogen-bond donors (Lipinski definition) is 0. The molecule has 0 radical (unpaired) electrons. The van der Waals surface area contributed by atoms with Gasteiger partial charge >= 0.3 is 6.18 Å². The molecule has 1 fully saturated rings. The number of halogens is 4. The average Bonchev–Trinajstić information content (AvgIpc) is 2.23. The van der Waals surface area contributed by atoms with Gasteiger partial charge in [-0.25, -0.2) is 0 Å². The zero-order valence-electron chi connectivity index (χ0n) is 9.36. The largest absolute Gasteiger partial charge is 0.416 e. The van der Waals surface area contributed by atoms with Crippen LogP contribution in [-0.4, -0.2) is 5.88 Å². The summed E-state index contributed by atoms with van der Waals surface area (Å²) < 4.78 is 37.1. The fraction of sp³-hybridized carbons (Fsp3) is 0.538. The second kappa shape index (κ2) is 4.52. The predicted octanol–water partition coefficient (Wildman–Crippen LogP) is 4.66. The van der Waals surface area contributed by atoms with Crippen molar-refractivity contribution in [3.63, 3.8) is 0 Å². The molecular formula is C13H14ClF3. The highest BCUT2D eigenvalue weighted by molar-refractivity contribution is 6.18. The molecule has 4 heteroatoms. The van der Waals surface area contributed by atoms with E-state index in [2.05, 4.69) is 0 Å². The van der Waals surface area contributed by atoms with Crippen LogP contribution < -0.4 is 0 Å². The molecule has 0 bridgehead atoms. The van der Waals surface area contributed by atoms with E-state index in [0.29, 0.717) is 5.88 Å². The lowest BCUT2D eigenvalue weighted by atomic mass is 9.67. The first kappa shape index (κ1) is 12.7. The van der Waals surface area contributed by atoms with Crippen LogP contribution in [0, 0.1) is 5.41 Å². The van der Waals surface area contributed by atoms with Crippen molar-refractivity contribution in [2.75, 3.05) is 5.88 Å². The predicted molar refractivity (Wildman–Crippen MR) is 62.2 cm³/mol. The summed E-state index contributed by atoms with van der Waals surface area (Å²) in [5.41, 5.74) is 0.481. The van der Waals surface area contributed by atoms with Gasteiger partial charge in [-0.15, -0.1) is 11.6 Å². The van der Waals surface area contributed by atoms with Crippen molar-refractivity contribution in [2.45, 2.75) is 31.9 Å². The normalized spacial score (nSPS) is 18.8. The average molecular weight is 263 g/mol. The molecule has 2 rings (SSSR count). The third-order valence-electron chi connectivity index (χ3n) is 3.56. The van der Waals surface area contributed by atoms with E-state index in [1.807, 2.05) is 0 Å². The van der Waals surface area contributed by atoms with Crippen LogP contribution in [0.3, 0.4) is 0 Å². The molecule has 1 aliphatic rings. The highest BCUT2D eigenvalue weighted by Crippen LogP contribution is 2.44. The van der Waals surface area contributed by atoms with Crippen LogP contribution in [0.15, 0.2) is 24.3 Å². The summed E-state index contributed by atoms with van der Waals surface area (Å²) in [4.78, 5) is 0. The lowest BCUT2D eigenvalue weighted by Gasteiger charge is -2.40. The molecule has 0 atom stereocenters. The quantitative estimate of drug-likeness (QED) is 0.695. The van der Waals surface area contributed by atoms with Crippen molar-refractivity contribution < 1.29 is 13.2 Å². The third-order valence-corrected chi connectivity index (χ3v) is 4.13. The number of benzene rings is 1. The molecule has 0 aliphatic heterocycles. The Hall–Kier alpha value is -0.700. The molecule has 1 aromatic rings. The number of rotatable bonds is 3. The number of alkyl halides is 4. The molecule has 0 saturated heterocycles. The van der Waals surface area contributed by atoms with Gasteiger partial charge in [0.05, 0.1) is 5.56 Å². The molecule has 1 saturated carbocycles.